The Hall–Kier alpha value is -1.43. The third-order valence-electron chi connectivity index (χ3n) is 3.95. The zero-order valence-corrected chi connectivity index (χ0v) is 13.1. The number of carboxylic acid groups (broad SMARTS) is 1. The van der Waals surface area contributed by atoms with Crippen molar-refractivity contribution in [1.29, 1.82) is 5.26 Å². The summed E-state index contributed by atoms with van der Waals surface area (Å²) < 4.78 is 27.2. The summed E-state index contributed by atoms with van der Waals surface area (Å²) >= 11 is 0.836. The number of nitriles is 1. The van der Waals surface area contributed by atoms with Gasteiger partial charge in [0.05, 0.1) is 0 Å². The first-order valence-corrected chi connectivity index (χ1v) is 8.89. The smallest absolute Gasteiger partial charge is 0.325 e. The molecule has 0 radical (unpaired) electrons. The maximum atomic E-state index is 12.4. The largest absolute Gasteiger partial charge is 0.480 e. The Morgan fingerprint density at radius 3 is 2.76 bits per heavy atom. The number of nitrogens with zero attached hydrogens (tertiary/aromatic N) is 1. The molecule has 0 amide bonds. The fourth-order valence-corrected chi connectivity index (χ4v) is 5.26. The summed E-state index contributed by atoms with van der Waals surface area (Å²) in [5.74, 6) is -1.43. The van der Waals surface area contributed by atoms with Crippen molar-refractivity contribution in [2.45, 2.75) is 42.4 Å². The van der Waals surface area contributed by atoms with E-state index >= 15 is 0 Å². The van der Waals surface area contributed by atoms with Crippen molar-refractivity contribution in [3.63, 3.8) is 0 Å². The number of nitrogens with one attached hydrogen (secondary N) is 1. The highest BCUT2D eigenvalue weighted by molar-refractivity contribution is 7.91. The van der Waals surface area contributed by atoms with Gasteiger partial charge in [0.15, 0.2) is 0 Å². The molecule has 1 aromatic rings. The van der Waals surface area contributed by atoms with Crippen molar-refractivity contribution in [3.8, 4) is 6.07 Å². The molecule has 0 saturated heterocycles. The van der Waals surface area contributed by atoms with Crippen LogP contribution in [0.15, 0.2) is 16.3 Å². The fraction of sp³-hybridized carbons (Fsp3) is 0.538. The Morgan fingerprint density at radius 2 is 2.24 bits per heavy atom. The first kappa shape index (κ1) is 15.9. The first-order valence-electron chi connectivity index (χ1n) is 6.59. The molecule has 2 atom stereocenters. The van der Waals surface area contributed by atoms with Gasteiger partial charge in [0.2, 0.25) is 0 Å². The van der Waals surface area contributed by atoms with E-state index in [1.54, 1.807) is 6.92 Å². The van der Waals surface area contributed by atoms with E-state index in [-0.39, 0.29) is 21.4 Å². The van der Waals surface area contributed by atoms with E-state index in [0.717, 1.165) is 17.8 Å². The van der Waals surface area contributed by atoms with Crippen molar-refractivity contribution in [1.82, 2.24) is 4.72 Å². The van der Waals surface area contributed by atoms with Crippen LogP contribution >= 0.6 is 11.3 Å². The second kappa shape index (κ2) is 5.75. The van der Waals surface area contributed by atoms with Crippen LogP contribution in [-0.2, 0) is 14.8 Å². The summed E-state index contributed by atoms with van der Waals surface area (Å²) in [4.78, 5) is 12.0. The molecule has 8 heteroatoms. The molecule has 2 rings (SSSR count). The predicted octanol–water partition coefficient (Wildman–Crippen LogP) is 1.93. The number of rotatable bonds is 4. The number of carboxylic acids is 1. The molecule has 0 spiro atoms. The summed E-state index contributed by atoms with van der Waals surface area (Å²) in [6, 6.07) is 4.62. The van der Waals surface area contributed by atoms with Crippen LogP contribution in [0.4, 0.5) is 0 Å². The molecule has 114 valence electrons. The molecule has 0 aromatic carbocycles. The van der Waals surface area contributed by atoms with E-state index in [2.05, 4.69) is 4.72 Å². The summed E-state index contributed by atoms with van der Waals surface area (Å²) in [5, 5.41) is 18.3. The highest BCUT2D eigenvalue weighted by Gasteiger charge is 2.48. The Kier molecular flexibility index (Phi) is 4.37. The summed E-state index contributed by atoms with van der Waals surface area (Å²) in [5.41, 5.74) is -1.46. The number of hydrogen-bond donors (Lipinski definition) is 2. The fourth-order valence-electron chi connectivity index (χ4n) is 2.67. The Labute approximate surface area is 127 Å². The molecule has 2 N–H and O–H groups in total. The Balaban J connectivity index is 2.36. The molecule has 1 aliphatic carbocycles. The van der Waals surface area contributed by atoms with Gasteiger partial charge in [-0.05, 0) is 30.9 Å². The molecule has 2 unspecified atom stereocenters. The molecule has 1 heterocycles. The van der Waals surface area contributed by atoms with Crippen LogP contribution in [0.3, 0.4) is 0 Å². The first-order chi connectivity index (χ1) is 9.82. The van der Waals surface area contributed by atoms with E-state index in [9.17, 15) is 18.3 Å². The number of aliphatic carboxylic acids is 1. The Morgan fingerprint density at radius 1 is 1.52 bits per heavy atom. The molecule has 1 saturated carbocycles. The lowest BCUT2D eigenvalue weighted by Crippen LogP contribution is -2.59. The summed E-state index contributed by atoms with van der Waals surface area (Å²) in [7, 11) is -3.95. The number of carbonyl (C=O) groups is 1. The molecule has 1 aliphatic rings. The minimum atomic E-state index is -3.95. The molecule has 6 nitrogen and oxygen atoms in total. The third kappa shape index (κ3) is 2.95. The summed E-state index contributed by atoms with van der Waals surface area (Å²) in [6.45, 7) is 1.75. The quantitative estimate of drug-likeness (QED) is 0.878. The average molecular weight is 328 g/mol. The second-order valence-electron chi connectivity index (χ2n) is 5.26. The normalized spacial score (nSPS) is 26.2. The van der Waals surface area contributed by atoms with Crippen LogP contribution in [0, 0.1) is 17.2 Å². The van der Waals surface area contributed by atoms with Gasteiger partial charge in [0.25, 0.3) is 10.0 Å². The van der Waals surface area contributed by atoms with Gasteiger partial charge in [0.1, 0.15) is 20.7 Å². The van der Waals surface area contributed by atoms with Crippen molar-refractivity contribution in [2.24, 2.45) is 5.92 Å². The van der Waals surface area contributed by atoms with Gasteiger partial charge >= 0.3 is 5.97 Å². The van der Waals surface area contributed by atoms with Gasteiger partial charge in [-0.2, -0.15) is 9.98 Å². The minimum Gasteiger partial charge on any atom is -0.480 e. The van der Waals surface area contributed by atoms with E-state index in [1.165, 1.54) is 12.1 Å². The van der Waals surface area contributed by atoms with Crippen molar-refractivity contribution >= 4 is 27.3 Å². The molecular formula is C13H16N2O4S2. The monoisotopic (exact) mass is 328 g/mol. The lowest BCUT2D eigenvalue weighted by molar-refractivity contribution is -0.147. The van der Waals surface area contributed by atoms with E-state index < -0.39 is 21.5 Å². The van der Waals surface area contributed by atoms with Crippen LogP contribution in [0.2, 0.25) is 0 Å². The number of sulfonamides is 1. The molecular weight excluding hydrogens is 312 g/mol. The predicted molar refractivity (Wildman–Crippen MR) is 77.4 cm³/mol. The molecule has 0 bridgehead atoms. The maximum Gasteiger partial charge on any atom is 0.325 e. The van der Waals surface area contributed by atoms with Crippen molar-refractivity contribution in [2.75, 3.05) is 0 Å². The lowest BCUT2D eigenvalue weighted by atomic mass is 9.74. The average Bonchev–Trinajstić information content (AvgIpc) is 2.90. The van der Waals surface area contributed by atoms with E-state index in [0.29, 0.717) is 12.8 Å². The van der Waals surface area contributed by atoms with Gasteiger partial charge in [-0.3, -0.25) is 4.79 Å². The number of hydrogen-bond acceptors (Lipinski definition) is 5. The Bertz CT molecular complexity index is 689. The highest BCUT2D eigenvalue weighted by atomic mass is 32.2. The van der Waals surface area contributed by atoms with Crippen LogP contribution in [0.25, 0.3) is 0 Å². The van der Waals surface area contributed by atoms with Gasteiger partial charge in [0, 0.05) is 0 Å². The molecule has 1 fully saturated rings. The van der Waals surface area contributed by atoms with Gasteiger partial charge < -0.3 is 5.11 Å². The zero-order chi connectivity index (χ0) is 15.7. The van der Waals surface area contributed by atoms with E-state index in [4.69, 9.17) is 5.26 Å². The minimum absolute atomic E-state index is 0.0301. The van der Waals surface area contributed by atoms with Gasteiger partial charge in [-0.15, -0.1) is 11.3 Å². The number of thiophene rings is 1. The van der Waals surface area contributed by atoms with Crippen LogP contribution in [0.1, 0.15) is 37.5 Å². The van der Waals surface area contributed by atoms with Crippen LogP contribution in [0.5, 0.6) is 0 Å². The van der Waals surface area contributed by atoms with Crippen molar-refractivity contribution < 1.29 is 18.3 Å². The molecule has 1 aromatic heterocycles. The second-order valence-corrected chi connectivity index (χ2v) is 8.25. The molecule has 0 aliphatic heterocycles. The SMILES string of the molecule is CC1CCCCC1(NS(=O)(=O)c1ccc(C#N)s1)C(=O)O. The molecule has 21 heavy (non-hydrogen) atoms. The summed E-state index contributed by atoms with van der Waals surface area (Å²) in [6.07, 6.45) is 2.52. The highest BCUT2D eigenvalue weighted by Crippen LogP contribution is 2.36. The van der Waals surface area contributed by atoms with Crippen LogP contribution in [-0.4, -0.2) is 25.0 Å². The van der Waals surface area contributed by atoms with Gasteiger partial charge in [-0.25, -0.2) is 8.42 Å². The maximum absolute atomic E-state index is 12.4. The van der Waals surface area contributed by atoms with Gasteiger partial charge in [-0.1, -0.05) is 19.8 Å². The lowest BCUT2D eigenvalue weighted by Gasteiger charge is -2.39. The topological polar surface area (TPSA) is 107 Å². The van der Waals surface area contributed by atoms with Crippen LogP contribution < -0.4 is 4.72 Å². The third-order valence-corrected chi connectivity index (χ3v) is 6.95. The van der Waals surface area contributed by atoms with Crippen molar-refractivity contribution in [3.05, 3.63) is 17.0 Å². The van der Waals surface area contributed by atoms with E-state index in [1.807, 2.05) is 6.07 Å². The zero-order valence-electron chi connectivity index (χ0n) is 11.5. The standard InChI is InChI=1S/C13H16N2O4S2/c1-9-4-2-3-7-13(9,12(16)17)15-21(18,19)11-6-5-10(8-14)20-11/h5-6,9,15H,2-4,7H2,1H3,(H,16,17).